The van der Waals surface area contributed by atoms with E-state index in [9.17, 15) is 5.11 Å². The summed E-state index contributed by atoms with van der Waals surface area (Å²) in [5.74, 6) is 0. The van der Waals surface area contributed by atoms with Crippen LogP contribution in [0.1, 0.15) is 24.0 Å². The van der Waals surface area contributed by atoms with Crippen LogP contribution in [-0.2, 0) is 0 Å². The summed E-state index contributed by atoms with van der Waals surface area (Å²) < 4.78 is 0. The number of aryl methyl sites for hydroxylation is 1. The number of hydrogen-bond donors (Lipinski definition) is 1. The third kappa shape index (κ3) is 2.17. The normalized spacial score (nSPS) is 17.2. The summed E-state index contributed by atoms with van der Waals surface area (Å²) in [5, 5.41) is 18.6. The number of nitriles is 1. The van der Waals surface area contributed by atoms with Gasteiger partial charge in [0, 0.05) is 13.1 Å². The van der Waals surface area contributed by atoms with E-state index in [-0.39, 0.29) is 6.10 Å². The number of benzene rings is 1. The molecular weight excluding hydrogens is 200 g/mol. The lowest BCUT2D eigenvalue weighted by Gasteiger charge is -2.32. The minimum atomic E-state index is -0.174. The van der Waals surface area contributed by atoms with Gasteiger partial charge in [0.05, 0.1) is 17.4 Å². The molecule has 0 spiro atoms. The molecular formula is C13H16N2O. The number of aliphatic hydroxyl groups excluding tert-OH is 1. The highest BCUT2D eigenvalue weighted by Gasteiger charge is 2.19. The molecule has 0 bridgehead atoms. The molecule has 84 valence electrons. The molecule has 1 N–H and O–H groups in total. The Balaban J connectivity index is 2.24. The van der Waals surface area contributed by atoms with Crippen molar-refractivity contribution in [2.75, 3.05) is 18.0 Å². The molecule has 1 fully saturated rings. The lowest BCUT2D eigenvalue weighted by atomic mass is 10.0. The van der Waals surface area contributed by atoms with Crippen molar-refractivity contribution < 1.29 is 5.11 Å². The van der Waals surface area contributed by atoms with Crippen LogP contribution in [0, 0.1) is 18.3 Å². The van der Waals surface area contributed by atoms with Crippen molar-refractivity contribution in [1.82, 2.24) is 0 Å². The molecule has 1 saturated heterocycles. The Bertz CT molecular complexity index is 414. The predicted molar refractivity (Wildman–Crippen MR) is 63.3 cm³/mol. The largest absolute Gasteiger partial charge is 0.393 e. The van der Waals surface area contributed by atoms with Gasteiger partial charge in [-0.1, -0.05) is 6.07 Å². The second-order valence-corrected chi connectivity index (χ2v) is 4.35. The molecule has 3 heteroatoms. The first-order valence-electron chi connectivity index (χ1n) is 5.64. The number of rotatable bonds is 1. The number of aliphatic hydroxyl groups is 1. The summed E-state index contributed by atoms with van der Waals surface area (Å²) in [6.07, 6.45) is 1.41. The SMILES string of the molecule is Cc1ccc(N2CCC(O)CC2)c(C#N)c1. The quantitative estimate of drug-likeness (QED) is 0.779. The molecule has 2 rings (SSSR count). The summed E-state index contributed by atoms with van der Waals surface area (Å²) in [4.78, 5) is 2.19. The second kappa shape index (κ2) is 4.54. The lowest BCUT2D eigenvalue weighted by Crippen LogP contribution is -2.36. The van der Waals surface area contributed by atoms with Gasteiger partial charge in [0.2, 0.25) is 0 Å². The minimum absolute atomic E-state index is 0.174. The number of nitrogens with zero attached hydrogens (tertiary/aromatic N) is 2. The highest BCUT2D eigenvalue weighted by atomic mass is 16.3. The van der Waals surface area contributed by atoms with Crippen molar-refractivity contribution in [2.45, 2.75) is 25.9 Å². The molecule has 3 nitrogen and oxygen atoms in total. The number of piperidine rings is 1. The Morgan fingerprint density at radius 1 is 1.38 bits per heavy atom. The minimum Gasteiger partial charge on any atom is -0.393 e. The van der Waals surface area contributed by atoms with Crippen LogP contribution in [0.4, 0.5) is 5.69 Å². The van der Waals surface area contributed by atoms with Gasteiger partial charge in [0.1, 0.15) is 6.07 Å². The van der Waals surface area contributed by atoms with Crippen molar-refractivity contribution in [3.05, 3.63) is 29.3 Å². The molecule has 16 heavy (non-hydrogen) atoms. The van der Waals surface area contributed by atoms with Gasteiger partial charge in [-0.25, -0.2) is 0 Å². The van der Waals surface area contributed by atoms with E-state index in [1.165, 1.54) is 0 Å². The van der Waals surface area contributed by atoms with Crippen LogP contribution in [0.25, 0.3) is 0 Å². The van der Waals surface area contributed by atoms with Gasteiger partial charge in [0.25, 0.3) is 0 Å². The van der Waals surface area contributed by atoms with Crippen molar-refractivity contribution in [3.63, 3.8) is 0 Å². The van der Waals surface area contributed by atoms with Gasteiger partial charge in [0.15, 0.2) is 0 Å². The van der Waals surface area contributed by atoms with Gasteiger partial charge < -0.3 is 10.0 Å². The second-order valence-electron chi connectivity index (χ2n) is 4.35. The third-order valence-electron chi connectivity index (χ3n) is 3.08. The molecule has 0 atom stereocenters. The maximum Gasteiger partial charge on any atom is 0.101 e. The van der Waals surface area contributed by atoms with Crippen LogP contribution in [0.3, 0.4) is 0 Å². The predicted octanol–water partition coefficient (Wildman–Crippen LogP) is 1.83. The zero-order valence-corrected chi connectivity index (χ0v) is 9.48. The Kier molecular flexibility index (Phi) is 3.12. The van der Waals surface area contributed by atoms with E-state index in [2.05, 4.69) is 11.0 Å². The fourth-order valence-electron chi connectivity index (χ4n) is 2.12. The van der Waals surface area contributed by atoms with Crippen molar-refractivity contribution in [3.8, 4) is 6.07 Å². The maximum atomic E-state index is 9.45. The van der Waals surface area contributed by atoms with Gasteiger partial charge in [-0.05, 0) is 37.5 Å². The molecule has 0 amide bonds. The summed E-state index contributed by atoms with van der Waals surface area (Å²) in [5.41, 5.74) is 2.84. The molecule has 0 radical (unpaired) electrons. The fraction of sp³-hybridized carbons (Fsp3) is 0.462. The fourth-order valence-corrected chi connectivity index (χ4v) is 2.12. The van der Waals surface area contributed by atoms with E-state index < -0.39 is 0 Å². The van der Waals surface area contributed by atoms with Crippen LogP contribution in [-0.4, -0.2) is 24.3 Å². The molecule has 0 aromatic heterocycles. The topological polar surface area (TPSA) is 47.3 Å². The Hall–Kier alpha value is -1.53. The maximum absolute atomic E-state index is 9.45. The molecule has 1 aliphatic rings. The Morgan fingerprint density at radius 2 is 2.06 bits per heavy atom. The van der Waals surface area contributed by atoms with E-state index in [4.69, 9.17) is 5.26 Å². The third-order valence-corrected chi connectivity index (χ3v) is 3.08. The van der Waals surface area contributed by atoms with Crippen molar-refractivity contribution in [1.29, 1.82) is 5.26 Å². The van der Waals surface area contributed by atoms with Crippen LogP contribution in [0.2, 0.25) is 0 Å². The van der Waals surface area contributed by atoms with E-state index in [0.717, 1.165) is 42.7 Å². The lowest BCUT2D eigenvalue weighted by molar-refractivity contribution is 0.145. The molecule has 0 aliphatic carbocycles. The van der Waals surface area contributed by atoms with Gasteiger partial charge in [-0.15, -0.1) is 0 Å². The van der Waals surface area contributed by atoms with Gasteiger partial charge >= 0.3 is 0 Å². The van der Waals surface area contributed by atoms with Crippen LogP contribution >= 0.6 is 0 Å². The molecule has 0 unspecified atom stereocenters. The monoisotopic (exact) mass is 216 g/mol. The molecule has 1 aromatic rings. The molecule has 1 heterocycles. The first-order valence-corrected chi connectivity index (χ1v) is 5.64. The standard InChI is InChI=1S/C13H16N2O/c1-10-2-3-13(11(8-10)9-14)15-6-4-12(16)5-7-15/h2-3,8,12,16H,4-7H2,1H3. The average molecular weight is 216 g/mol. The summed E-state index contributed by atoms with van der Waals surface area (Å²) in [7, 11) is 0. The van der Waals surface area contributed by atoms with Crippen LogP contribution in [0.5, 0.6) is 0 Å². The smallest absolute Gasteiger partial charge is 0.101 e. The summed E-state index contributed by atoms with van der Waals surface area (Å²) in [6.45, 7) is 3.66. The first-order chi connectivity index (χ1) is 7.70. The van der Waals surface area contributed by atoms with Gasteiger partial charge in [-0.2, -0.15) is 5.26 Å². The highest BCUT2D eigenvalue weighted by Crippen LogP contribution is 2.24. The highest BCUT2D eigenvalue weighted by molar-refractivity contribution is 5.60. The zero-order valence-electron chi connectivity index (χ0n) is 9.48. The number of anilines is 1. The van der Waals surface area contributed by atoms with E-state index >= 15 is 0 Å². The zero-order chi connectivity index (χ0) is 11.5. The molecule has 1 aliphatic heterocycles. The Labute approximate surface area is 95.9 Å². The van der Waals surface area contributed by atoms with Crippen LogP contribution in [0.15, 0.2) is 18.2 Å². The summed E-state index contributed by atoms with van der Waals surface area (Å²) >= 11 is 0. The molecule has 1 aromatic carbocycles. The molecule has 0 saturated carbocycles. The number of hydrogen-bond acceptors (Lipinski definition) is 3. The average Bonchev–Trinajstić information content (AvgIpc) is 2.30. The van der Waals surface area contributed by atoms with Gasteiger partial charge in [-0.3, -0.25) is 0 Å². The van der Waals surface area contributed by atoms with Crippen molar-refractivity contribution >= 4 is 5.69 Å². The van der Waals surface area contributed by atoms with Crippen molar-refractivity contribution in [2.24, 2.45) is 0 Å². The van der Waals surface area contributed by atoms with E-state index in [1.54, 1.807) is 0 Å². The van der Waals surface area contributed by atoms with E-state index in [1.807, 2.05) is 25.1 Å². The first kappa shape index (κ1) is 11.0. The van der Waals surface area contributed by atoms with E-state index in [0.29, 0.717) is 0 Å². The Morgan fingerprint density at radius 3 is 2.69 bits per heavy atom. The summed E-state index contributed by atoms with van der Waals surface area (Å²) in [6, 6.07) is 8.19. The van der Waals surface area contributed by atoms with Crippen LogP contribution < -0.4 is 4.90 Å².